The Morgan fingerprint density at radius 3 is 2.75 bits per heavy atom. The average Bonchev–Trinajstić information content (AvgIpc) is 3.38. The molecule has 0 spiro atoms. The first-order valence-electron chi connectivity index (χ1n) is 9.08. The van der Waals surface area contributed by atoms with Crippen molar-refractivity contribution >= 4 is 11.6 Å². The van der Waals surface area contributed by atoms with Crippen molar-refractivity contribution in [2.24, 2.45) is 4.99 Å². The SMILES string of the molecule is CN=C(NCc1cccc(Cn2ccnc2)c1)NCc1nnc2ccccn12. The van der Waals surface area contributed by atoms with E-state index in [1.54, 1.807) is 13.2 Å². The highest BCUT2D eigenvalue weighted by molar-refractivity contribution is 5.79. The molecule has 0 saturated carbocycles. The molecule has 0 radical (unpaired) electrons. The highest BCUT2D eigenvalue weighted by atomic mass is 15.3. The van der Waals surface area contributed by atoms with Crippen LogP contribution in [0.2, 0.25) is 0 Å². The third-order valence-electron chi connectivity index (χ3n) is 4.40. The molecule has 1 aromatic carbocycles. The zero-order valence-electron chi connectivity index (χ0n) is 15.7. The molecule has 0 fully saturated rings. The van der Waals surface area contributed by atoms with Gasteiger partial charge < -0.3 is 15.2 Å². The summed E-state index contributed by atoms with van der Waals surface area (Å²) >= 11 is 0. The Hall–Kier alpha value is -3.68. The first-order valence-corrected chi connectivity index (χ1v) is 9.08. The molecule has 0 atom stereocenters. The number of hydrogen-bond acceptors (Lipinski definition) is 4. The van der Waals surface area contributed by atoms with Crippen LogP contribution in [-0.2, 0) is 19.6 Å². The number of aliphatic imine (C=N–C) groups is 1. The summed E-state index contributed by atoms with van der Waals surface area (Å²) < 4.78 is 4.01. The highest BCUT2D eigenvalue weighted by Gasteiger charge is 2.06. The van der Waals surface area contributed by atoms with Crippen molar-refractivity contribution in [3.63, 3.8) is 0 Å². The molecule has 3 heterocycles. The van der Waals surface area contributed by atoms with Gasteiger partial charge in [-0.1, -0.05) is 30.3 Å². The normalized spacial score (nSPS) is 11.7. The summed E-state index contributed by atoms with van der Waals surface area (Å²) in [4.78, 5) is 8.38. The Morgan fingerprint density at radius 2 is 1.89 bits per heavy atom. The summed E-state index contributed by atoms with van der Waals surface area (Å²) in [5.41, 5.74) is 3.25. The molecule has 0 aliphatic carbocycles. The topological polar surface area (TPSA) is 84.4 Å². The summed E-state index contributed by atoms with van der Waals surface area (Å²) in [6, 6.07) is 14.3. The first-order chi connectivity index (χ1) is 13.8. The fraction of sp³-hybridized carbons (Fsp3) is 0.200. The molecule has 0 saturated heterocycles. The highest BCUT2D eigenvalue weighted by Crippen LogP contribution is 2.07. The number of rotatable bonds is 6. The van der Waals surface area contributed by atoms with Gasteiger partial charge >= 0.3 is 0 Å². The number of benzene rings is 1. The number of fused-ring (bicyclic) bond motifs is 1. The number of nitrogens with zero attached hydrogens (tertiary/aromatic N) is 6. The second-order valence-electron chi connectivity index (χ2n) is 6.38. The van der Waals surface area contributed by atoms with Crippen molar-refractivity contribution in [2.45, 2.75) is 19.6 Å². The van der Waals surface area contributed by atoms with E-state index >= 15 is 0 Å². The zero-order valence-corrected chi connectivity index (χ0v) is 15.7. The van der Waals surface area contributed by atoms with E-state index in [9.17, 15) is 0 Å². The zero-order chi connectivity index (χ0) is 19.2. The van der Waals surface area contributed by atoms with Gasteiger partial charge in [0.15, 0.2) is 17.4 Å². The predicted molar refractivity (Wildman–Crippen MR) is 108 cm³/mol. The predicted octanol–water partition coefficient (Wildman–Crippen LogP) is 1.84. The van der Waals surface area contributed by atoms with Gasteiger partial charge in [0.25, 0.3) is 0 Å². The molecule has 8 nitrogen and oxygen atoms in total. The van der Waals surface area contributed by atoms with E-state index in [4.69, 9.17) is 0 Å². The van der Waals surface area contributed by atoms with Gasteiger partial charge in [-0.15, -0.1) is 10.2 Å². The van der Waals surface area contributed by atoms with Gasteiger partial charge in [-0.3, -0.25) is 9.39 Å². The van der Waals surface area contributed by atoms with Crippen molar-refractivity contribution < 1.29 is 0 Å². The van der Waals surface area contributed by atoms with Crippen LogP contribution in [0.4, 0.5) is 0 Å². The first kappa shape index (κ1) is 17.7. The molecule has 3 aromatic heterocycles. The molecule has 2 N–H and O–H groups in total. The number of aromatic nitrogens is 5. The van der Waals surface area contributed by atoms with Crippen molar-refractivity contribution in [1.29, 1.82) is 0 Å². The van der Waals surface area contributed by atoms with Crippen LogP contribution in [0.1, 0.15) is 17.0 Å². The van der Waals surface area contributed by atoms with Crippen LogP contribution in [0.5, 0.6) is 0 Å². The van der Waals surface area contributed by atoms with Crippen molar-refractivity contribution in [1.82, 2.24) is 34.8 Å². The molecular weight excluding hydrogens is 352 g/mol. The summed E-state index contributed by atoms with van der Waals surface area (Å²) in [5.74, 6) is 1.55. The Labute approximate surface area is 163 Å². The third-order valence-corrected chi connectivity index (χ3v) is 4.40. The minimum absolute atomic E-state index is 0.533. The summed E-state index contributed by atoms with van der Waals surface area (Å²) in [7, 11) is 1.76. The molecule has 0 unspecified atom stereocenters. The fourth-order valence-electron chi connectivity index (χ4n) is 3.01. The summed E-state index contributed by atoms with van der Waals surface area (Å²) in [5, 5.41) is 15.0. The second-order valence-corrected chi connectivity index (χ2v) is 6.38. The molecule has 0 aliphatic heterocycles. The van der Waals surface area contributed by atoms with E-state index < -0.39 is 0 Å². The third kappa shape index (κ3) is 4.17. The van der Waals surface area contributed by atoms with Crippen molar-refractivity contribution in [3.05, 3.63) is 84.3 Å². The number of guanidine groups is 1. The lowest BCUT2D eigenvalue weighted by Crippen LogP contribution is -2.36. The molecule has 0 amide bonds. The van der Waals surface area contributed by atoms with E-state index in [2.05, 4.69) is 59.6 Å². The van der Waals surface area contributed by atoms with E-state index in [0.29, 0.717) is 19.0 Å². The number of pyridine rings is 1. The molecule has 4 rings (SSSR count). The number of nitrogens with one attached hydrogen (secondary N) is 2. The smallest absolute Gasteiger partial charge is 0.191 e. The molecule has 0 bridgehead atoms. The van der Waals surface area contributed by atoms with E-state index in [1.165, 1.54) is 11.1 Å². The fourth-order valence-corrected chi connectivity index (χ4v) is 3.01. The molecule has 142 valence electrons. The van der Waals surface area contributed by atoms with Crippen LogP contribution in [0.15, 0.2) is 72.4 Å². The Balaban J connectivity index is 1.34. The van der Waals surface area contributed by atoms with Crippen LogP contribution in [0, 0.1) is 0 Å². The maximum Gasteiger partial charge on any atom is 0.191 e. The quantitative estimate of drug-likeness (QED) is 0.397. The van der Waals surface area contributed by atoms with E-state index in [-0.39, 0.29) is 0 Å². The van der Waals surface area contributed by atoms with E-state index in [0.717, 1.165) is 18.0 Å². The minimum Gasteiger partial charge on any atom is -0.352 e. The summed E-state index contributed by atoms with van der Waals surface area (Å²) in [6.45, 7) is 2.02. The van der Waals surface area contributed by atoms with Gasteiger partial charge in [-0.25, -0.2) is 4.98 Å². The number of imidazole rings is 1. The van der Waals surface area contributed by atoms with E-state index in [1.807, 2.05) is 41.3 Å². The monoisotopic (exact) mass is 374 g/mol. The van der Waals surface area contributed by atoms with Crippen LogP contribution in [-0.4, -0.2) is 37.2 Å². The molecule has 28 heavy (non-hydrogen) atoms. The van der Waals surface area contributed by atoms with Gasteiger partial charge in [-0.2, -0.15) is 0 Å². The van der Waals surface area contributed by atoms with Gasteiger partial charge in [0.1, 0.15) is 0 Å². The van der Waals surface area contributed by atoms with Crippen LogP contribution >= 0.6 is 0 Å². The Kier molecular flexibility index (Phi) is 5.28. The van der Waals surface area contributed by atoms with Crippen LogP contribution in [0.3, 0.4) is 0 Å². The van der Waals surface area contributed by atoms with Gasteiger partial charge in [-0.05, 0) is 23.3 Å². The average molecular weight is 374 g/mol. The largest absolute Gasteiger partial charge is 0.352 e. The lowest BCUT2D eigenvalue weighted by atomic mass is 10.1. The van der Waals surface area contributed by atoms with Crippen molar-refractivity contribution in [3.8, 4) is 0 Å². The maximum atomic E-state index is 4.29. The summed E-state index contributed by atoms with van der Waals surface area (Å²) in [6.07, 6.45) is 7.53. The lowest BCUT2D eigenvalue weighted by Gasteiger charge is -2.12. The minimum atomic E-state index is 0.533. The van der Waals surface area contributed by atoms with Gasteiger partial charge in [0.05, 0.1) is 12.9 Å². The van der Waals surface area contributed by atoms with Crippen LogP contribution < -0.4 is 10.6 Å². The number of hydrogen-bond donors (Lipinski definition) is 2. The molecule has 8 heteroatoms. The molecular formula is C20H22N8. The van der Waals surface area contributed by atoms with Crippen molar-refractivity contribution in [2.75, 3.05) is 7.05 Å². The Morgan fingerprint density at radius 1 is 1.00 bits per heavy atom. The lowest BCUT2D eigenvalue weighted by molar-refractivity contribution is 0.760. The van der Waals surface area contributed by atoms with Crippen LogP contribution in [0.25, 0.3) is 5.65 Å². The maximum absolute atomic E-state index is 4.29. The molecule has 0 aliphatic rings. The van der Waals surface area contributed by atoms with Gasteiger partial charge in [0, 0.05) is 38.7 Å². The Bertz CT molecular complexity index is 1060. The standard InChI is InChI=1S/C20H22N8/c1-21-20(24-13-19-26-25-18-7-2-3-9-28(18)19)23-12-16-5-4-6-17(11-16)14-27-10-8-22-15-27/h2-11,15H,12-14H2,1H3,(H2,21,23,24). The second kappa shape index (κ2) is 8.34. The molecule has 4 aromatic rings. The van der Waals surface area contributed by atoms with Gasteiger partial charge in [0.2, 0.25) is 0 Å².